The first-order valence-corrected chi connectivity index (χ1v) is 7.92. The first-order valence-electron chi connectivity index (χ1n) is 7.92. The molecule has 0 heterocycles. The maximum absolute atomic E-state index is 13.8. The lowest BCUT2D eigenvalue weighted by Gasteiger charge is -2.40. The minimum absolute atomic E-state index is 0.323. The zero-order chi connectivity index (χ0) is 23.5. The van der Waals surface area contributed by atoms with Gasteiger partial charge in [0.25, 0.3) is 0 Å². The number of halogens is 13. The molecule has 0 saturated heterocycles. The van der Waals surface area contributed by atoms with Crippen LogP contribution in [-0.4, -0.2) is 59.2 Å². The minimum atomic E-state index is -7.91. The summed E-state index contributed by atoms with van der Waals surface area (Å²) in [5, 5.41) is 17.2. The summed E-state index contributed by atoms with van der Waals surface area (Å²) in [6, 6.07) is 0. The molecule has 0 amide bonds. The predicted molar refractivity (Wildman–Crippen MR) is 71.5 cm³/mol. The maximum Gasteiger partial charge on any atom is 0.460 e. The highest BCUT2D eigenvalue weighted by molar-refractivity contribution is 5.10. The average molecular weight is 464 g/mol. The van der Waals surface area contributed by atoms with Gasteiger partial charge in [0.05, 0.1) is 0 Å². The number of hydrogen-bond donors (Lipinski definition) is 2. The van der Waals surface area contributed by atoms with E-state index in [1.165, 1.54) is 0 Å². The Morgan fingerprint density at radius 1 is 0.517 bits per heavy atom. The minimum Gasteiger partial charge on any atom is -0.396 e. The van der Waals surface area contributed by atoms with Crippen LogP contribution < -0.4 is 0 Å². The van der Waals surface area contributed by atoms with Crippen LogP contribution in [0, 0.1) is 5.92 Å². The molecule has 29 heavy (non-hydrogen) atoms. The zero-order valence-electron chi connectivity index (χ0n) is 14.3. The summed E-state index contributed by atoms with van der Waals surface area (Å²) < 4.78 is 169. The van der Waals surface area contributed by atoms with Crippen LogP contribution in [0.25, 0.3) is 0 Å². The van der Waals surface area contributed by atoms with Gasteiger partial charge < -0.3 is 10.2 Å². The molecule has 0 fully saturated rings. The van der Waals surface area contributed by atoms with Crippen molar-refractivity contribution in [2.75, 3.05) is 13.2 Å². The van der Waals surface area contributed by atoms with Gasteiger partial charge >= 0.3 is 35.8 Å². The fourth-order valence-electron chi connectivity index (χ4n) is 2.40. The molecule has 0 aromatic rings. The Bertz CT molecular complexity index is 508. The molecule has 0 bridgehead atoms. The molecule has 15 heteroatoms. The van der Waals surface area contributed by atoms with Crippen molar-refractivity contribution in [3.05, 3.63) is 0 Å². The van der Waals surface area contributed by atoms with Crippen LogP contribution in [0.4, 0.5) is 57.1 Å². The van der Waals surface area contributed by atoms with Gasteiger partial charge in [0.1, 0.15) is 0 Å². The molecule has 2 nitrogen and oxygen atoms in total. The van der Waals surface area contributed by atoms with Crippen molar-refractivity contribution in [3.63, 3.8) is 0 Å². The summed E-state index contributed by atoms with van der Waals surface area (Å²) >= 11 is 0. The maximum atomic E-state index is 13.8. The van der Waals surface area contributed by atoms with Gasteiger partial charge in [0.15, 0.2) is 0 Å². The Kier molecular flexibility index (Phi) is 8.71. The molecular weight excluding hydrogens is 447 g/mol. The molecule has 0 aliphatic carbocycles. The third kappa shape index (κ3) is 5.20. The summed E-state index contributed by atoms with van der Waals surface area (Å²) in [4.78, 5) is 0. The number of aliphatic hydroxyl groups is 2. The number of rotatable bonds is 12. The topological polar surface area (TPSA) is 40.5 Å². The predicted octanol–water partition coefficient (Wildman–Crippen LogP) is 5.28. The van der Waals surface area contributed by atoms with E-state index >= 15 is 0 Å². The Balaban J connectivity index is 6.00. The summed E-state index contributed by atoms with van der Waals surface area (Å²) in [7, 11) is 0. The summed E-state index contributed by atoms with van der Waals surface area (Å²) in [5.41, 5.74) is 0. The van der Waals surface area contributed by atoms with Crippen LogP contribution >= 0.6 is 0 Å². The largest absolute Gasteiger partial charge is 0.460 e. The molecule has 176 valence electrons. The van der Waals surface area contributed by atoms with Crippen LogP contribution in [0.3, 0.4) is 0 Å². The van der Waals surface area contributed by atoms with E-state index < -0.39 is 74.2 Å². The molecule has 0 unspecified atom stereocenters. The monoisotopic (exact) mass is 464 g/mol. The second-order valence-electron chi connectivity index (χ2n) is 6.30. The van der Waals surface area contributed by atoms with E-state index in [0.29, 0.717) is 0 Å². The van der Waals surface area contributed by atoms with Crippen molar-refractivity contribution < 1.29 is 67.3 Å². The van der Waals surface area contributed by atoms with Crippen molar-refractivity contribution in [2.24, 2.45) is 5.92 Å². The Hall–Kier alpha value is -0.990. The van der Waals surface area contributed by atoms with Gasteiger partial charge in [-0.25, -0.2) is 0 Å². The van der Waals surface area contributed by atoms with E-state index in [-0.39, 0.29) is 12.8 Å². The fraction of sp³-hybridized carbons (Fsp3) is 1.00. The van der Waals surface area contributed by atoms with E-state index in [0.717, 1.165) is 0 Å². The summed E-state index contributed by atoms with van der Waals surface area (Å²) in [5.74, 6) is -38.5. The molecule has 2 N–H and O–H groups in total. The first kappa shape index (κ1) is 28.0. The Morgan fingerprint density at radius 2 is 0.862 bits per heavy atom. The third-order valence-electron chi connectivity index (χ3n) is 4.08. The van der Waals surface area contributed by atoms with E-state index in [9.17, 15) is 57.1 Å². The smallest absolute Gasteiger partial charge is 0.396 e. The second kappa shape index (κ2) is 9.02. The molecule has 0 aromatic heterocycles. The fourth-order valence-corrected chi connectivity index (χ4v) is 2.40. The quantitative estimate of drug-likeness (QED) is 0.386. The lowest BCUT2D eigenvalue weighted by molar-refractivity contribution is -0.440. The van der Waals surface area contributed by atoms with E-state index in [4.69, 9.17) is 10.2 Å². The number of hydrogen-bond acceptors (Lipinski definition) is 2. The second-order valence-corrected chi connectivity index (χ2v) is 6.30. The normalized spacial score (nSPS) is 15.3. The Labute approximate surface area is 155 Å². The van der Waals surface area contributed by atoms with Crippen molar-refractivity contribution in [1.82, 2.24) is 0 Å². The highest BCUT2D eigenvalue weighted by Crippen LogP contribution is 2.61. The highest BCUT2D eigenvalue weighted by atomic mass is 19.4. The summed E-state index contributed by atoms with van der Waals surface area (Å²) in [6.07, 6.45) is -11.4. The molecule has 0 aliphatic rings. The standard InChI is InChI=1S/C14H17F13O2/c15-9(16,7-8(3-1-5-28)4-2-6-29)10(17,18)11(19,20)12(21,22)13(23,24)14(25,26)27/h8,28-29H,1-7H2. The molecule has 0 aliphatic heterocycles. The van der Waals surface area contributed by atoms with Gasteiger partial charge in [0, 0.05) is 19.6 Å². The van der Waals surface area contributed by atoms with Crippen molar-refractivity contribution in [2.45, 2.75) is 67.9 Å². The lowest BCUT2D eigenvalue weighted by atomic mass is 9.85. The molecule has 0 aromatic carbocycles. The molecule has 0 atom stereocenters. The van der Waals surface area contributed by atoms with Gasteiger partial charge in [-0.05, 0) is 31.6 Å². The molecule has 0 radical (unpaired) electrons. The summed E-state index contributed by atoms with van der Waals surface area (Å²) in [6.45, 7) is -1.33. The van der Waals surface area contributed by atoms with Crippen molar-refractivity contribution >= 4 is 0 Å². The molecular formula is C14H17F13O2. The SMILES string of the molecule is OCCCC(CCCO)CC(F)(F)C(F)(F)C(F)(F)C(F)(F)C(F)(F)C(F)(F)F. The molecule has 0 saturated carbocycles. The zero-order valence-corrected chi connectivity index (χ0v) is 14.3. The van der Waals surface area contributed by atoms with Gasteiger partial charge in [-0.1, -0.05) is 0 Å². The van der Waals surface area contributed by atoms with E-state index in [1.54, 1.807) is 0 Å². The van der Waals surface area contributed by atoms with Gasteiger partial charge in [-0.2, -0.15) is 57.1 Å². The first-order chi connectivity index (χ1) is 12.7. The number of aliphatic hydroxyl groups excluding tert-OH is 2. The Morgan fingerprint density at radius 3 is 1.17 bits per heavy atom. The average Bonchev–Trinajstić information content (AvgIpc) is 2.55. The van der Waals surface area contributed by atoms with Gasteiger partial charge in [-0.15, -0.1) is 0 Å². The molecule has 0 spiro atoms. The van der Waals surface area contributed by atoms with Crippen LogP contribution in [0.15, 0.2) is 0 Å². The van der Waals surface area contributed by atoms with Crippen LogP contribution in [-0.2, 0) is 0 Å². The van der Waals surface area contributed by atoms with Crippen LogP contribution in [0.5, 0.6) is 0 Å². The van der Waals surface area contributed by atoms with Gasteiger partial charge in [0.2, 0.25) is 0 Å². The number of alkyl halides is 13. The lowest BCUT2D eigenvalue weighted by Crippen LogP contribution is -2.70. The van der Waals surface area contributed by atoms with Crippen LogP contribution in [0.2, 0.25) is 0 Å². The third-order valence-corrected chi connectivity index (χ3v) is 4.08. The van der Waals surface area contributed by atoms with Crippen molar-refractivity contribution in [1.29, 1.82) is 0 Å². The van der Waals surface area contributed by atoms with Crippen molar-refractivity contribution in [3.8, 4) is 0 Å². The van der Waals surface area contributed by atoms with E-state index in [2.05, 4.69) is 0 Å². The van der Waals surface area contributed by atoms with E-state index in [1.807, 2.05) is 0 Å². The highest BCUT2D eigenvalue weighted by Gasteiger charge is 2.90. The van der Waals surface area contributed by atoms with Crippen LogP contribution in [0.1, 0.15) is 32.1 Å². The van der Waals surface area contributed by atoms with Gasteiger partial charge in [-0.3, -0.25) is 0 Å². The molecule has 0 rings (SSSR count).